The SMILES string of the molecule is CC(C)(C)c1cc(C(=O)N2CCCC(O)C2)cc(NN)n1. The van der Waals surface area contributed by atoms with Crippen molar-refractivity contribution < 1.29 is 9.90 Å². The molecular weight excluding hydrogens is 268 g/mol. The number of likely N-dealkylation sites (tertiary alicyclic amines) is 1. The van der Waals surface area contributed by atoms with Crippen LogP contribution in [0.2, 0.25) is 0 Å². The van der Waals surface area contributed by atoms with Crippen molar-refractivity contribution in [3.63, 3.8) is 0 Å². The standard InChI is InChI=1S/C15H24N4O2/c1-15(2,3)12-7-10(8-13(17-12)18-16)14(21)19-6-4-5-11(20)9-19/h7-8,11,20H,4-6,9,16H2,1-3H3,(H,17,18). The number of carbonyl (C=O) groups excluding carboxylic acids is 1. The number of nitrogen functional groups attached to an aromatic ring is 1. The Morgan fingerprint density at radius 1 is 1.48 bits per heavy atom. The number of carbonyl (C=O) groups is 1. The van der Waals surface area contributed by atoms with E-state index >= 15 is 0 Å². The predicted molar refractivity (Wildman–Crippen MR) is 81.9 cm³/mol. The van der Waals surface area contributed by atoms with Crippen LogP contribution in [0.1, 0.15) is 49.7 Å². The molecule has 1 atom stereocenters. The van der Waals surface area contributed by atoms with Crippen LogP contribution in [-0.2, 0) is 5.41 Å². The molecule has 1 fully saturated rings. The Kier molecular flexibility index (Phi) is 4.49. The van der Waals surface area contributed by atoms with Crippen molar-refractivity contribution in [1.29, 1.82) is 0 Å². The van der Waals surface area contributed by atoms with Crippen LogP contribution < -0.4 is 11.3 Å². The van der Waals surface area contributed by atoms with Crippen LogP contribution in [0.3, 0.4) is 0 Å². The summed E-state index contributed by atoms with van der Waals surface area (Å²) >= 11 is 0. The van der Waals surface area contributed by atoms with Crippen LogP contribution >= 0.6 is 0 Å². The van der Waals surface area contributed by atoms with Gasteiger partial charge in [0.05, 0.1) is 6.10 Å². The lowest BCUT2D eigenvalue weighted by Gasteiger charge is -2.30. The molecule has 0 radical (unpaired) electrons. The molecule has 116 valence electrons. The summed E-state index contributed by atoms with van der Waals surface area (Å²) in [5.74, 6) is 5.84. The van der Waals surface area contributed by atoms with E-state index in [0.29, 0.717) is 24.5 Å². The number of rotatable bonds is 2. The molecule has 2 rings (SSSR count). The molecule has 6 nitrogen and oxygen atoms in total. The molecule has 21 heavy (non-hydrogen) atoms. The molecular formula is C15H24N4O2. The summed E-state index contributed by atoms with van der Waals surface area (Å²) in [5, 5.41) is 9.72. The zero-order chi connectivity index (χ0) is 15.6. The topological polar surface area (TPSA) is 91.5 Å². The summed E-state index contributed by atoms with van der Waals surface area (Å²) in [6, 6.07) is 3.46. The van der Waals surface area contributed by atoms with Crippen molar-refractivity contribution in [3.8, 4) is 0 Å². The van der Waals surface area contributed by atoms with Gasteiger partial charge in [0.25, 0.3) is 5.91 Å². The van der Waals surface area contributed by atoms with Gasteiger partial charge in [0.2, 0.25) is 0 Å². The van der Waals surface area contributed by atoms with Crippen molar-refractivity contribution in [1.82, 2.24) is 9.88 Å². The van der Waals surface area contributed by atoms with Crippen LogP contribution in [0, 0.1) is 0 Å². The molecule has 1 amide bonds. The highest BCUT2D eigenvalue weighted by Gasteiger charge is 2.25. The van der Waals surface area contributed by atoms with E-state index in [1.54, 1.807) is 11.0 Å². The van der Waals surface area contributed by atoms with Gasteiger partial charge in [-0.15, -0.1) is 0 Å². The Morgan fingerprint density at radius 3 is 2.76 bits per heavy atom. The molecule has 1 aliphatic heterocycles. The van der Waals surface area contributed by atoms with Crippen LogP contribution in [0.25, 0.3) is 0 Å². The zero-order valence-electron chi connectivity index (χ0n) is 12.9. The van der Waals surface area contributed by atoms with E-state index in [9.17, 15) is 9.90 Å². The van der Waals surface area contributed by atoms with E-state index in [1.807, 2.05) is 26.8 Å². The minimum absolute atomic E-state index is 0.0850. The number of β-amino-alcohol motifs (C(OH)–C–C–N with tert-alkyl or cyclic N) is 1. The van der Waals surface area contributed by atoms with E-state index in [0.717, 1.165) is 18.5 Å². The number of pyridine rings is 1. The van der Waals surface area contributed by atoms with Gasteiger partial charge in [-0.1, -0.05) is 20.8 Å². The van der Waals surface area contributed by atoms with Crippen molar-refractivity contribution in [2.24, 2.45) is 5.84 Å². The van der Waals surface area contributed by atoms with Crippen LogP contribution in [0.15, 0.2) is 12.1 Å². The number of aliphatic hydroxyl groups is 1. The van der Waals surface area contributed by atoms with Gasteiger partial charge in [-0.05, 0) is 25.0 Å². The second kappa shape index (κ2) is 5.99. The molecule has 0 bridgehead atoms. The first-order valence-electron chi connectivity index (χ1n) is 7.28. The molecule has 4 N–H and O–H groups in total. The summed E-state index contributed by atoms with van der Waals surface area (Å²) in [4.78, 5) is 18.7. The third-order valence-electron chi connectivity index (χ3n) is 3.67. The maximum Gasteiger partial charge on any atom is 0.254 e. The second-order valence-corrected chi connectivity index (χ2v) is 6.57. The zero-order valence-corrected chi connectivity index (χ0v) is 12.9. The van der Waals surface area contributed by atoms with Gasteiger partial charge in [-0.2, -0.15) is 0 Å². The molecule has 6 heteroatoms. The Morgan fingerprint density at radius 2 is 2.19 bits per heavy atom. The number of aliphatic hydroxyl groups excluding tert-OH is 1. The first-order chi connectivity index (χ1) is 9.81. The van der Waals surface area contributed by atoms with Crippen molar-refractivity contribution >= 4 is 11.7 Å². The molecule has 0 aliphatic carbocycles. The largest absolute Gasteiger partial charge is 0.391 e. The van der Waals surface area contributed by atoms with Gasteiger partial charge < -0.3 is 15.4 Å². The molecule has 1 aliphatic rings. The molecule has 2 heterocycles. The third-order valence-corrected chi connectivity index (χ3v) is 3.67. The van der Waals surface area contributed by atoms with Crippen LogP contribution in [0.5, 0.6) is 0 Å². The molecule has 1 aromatic rings. The first kappa shape index (κ1) is 15.7. The smallest absolute Gasteiger partial charge is 0.254 e. The predicted octanol–water partition coefficient (Wildman–Crippen LogP) is 1.26. The number of amides is 1. The Bertz CT molecular complexity index is 525. The van der Waals surface area contributed by atoms with Gasteiger partial charge in [0.15, 0.2) is 0 Å². The number of nitrogens with two attached hydrogens (primary N) is 1. The number of nitrogens with one attached hydrogen (secondary N) is 1. The molecule has 0 aromatic carbocycles. The minimum atomic E-state index is -0.432. The normalized spacial score (nSPS) is 19.5. The number of hydrogen-bond acceptors (Lipinski definition) is 5. The van der Waals surface area contributed by atoms with E-state index in [4.69, 9.17) is 5.84 Å². The van der Waals surface area contributed by atoms with Gasteiger partial charge in [0.1, 0.15) is 5.82 Å². The van der Waals surface area contributed by atoms with Crippen LogP contribution in [-0.4, -0.2) is 40.1 Å². The third kappa shape index (κ3) is 3.71. The van der Waals surface area contributed by atoms with E-state index in [-0.39, 0.29) is 11.3 Å². The lowest BCUT2D eigenvalue weighted by Crippen LogP contribution is -2.42. The van der Waals surface area contributed by atoms with Crippen molar-refractivity contribution in [3.05, 3.63) is 23.4 Å². The highest BCUT2D eigenvalue weighted by molar-refractivity contribution is 5.95. The quantitative estimate of drug-likeness (QED) is 0.564. The fourth-order valence-electron chi connectivity index (χ4n) is 2.43. The Balaban J connectivity index is 2.31. The maximum atomic E-state index is 12.6. The van der Waals surface area contributed by atoms with Crippen molar-refractivity contribution in [2.75, 3.05) is 18.5 Å². The van der Waals surface area contributed by atoms with E-state index in [1.165, 1.54) is 0 Å². The van der Waals surface area contributed by atoms with Gasteiger partial charge in [-0.3, -0.25) is 4.79 Å². The average Bonchev–Trinajstić information content (AvgIpc) is 2.45. The van der Waals surface area contributed by atoms with Crippen LogP contribution in [0.4, 0.5) is 5.82 Å². The van der Waals surface area contributed by atoms with Gasteiger partial charge in [-0.25, -0.2) is 10.8 Å². The van der Waals surface area contributed by atoms with E-state index < -0.39 is 6.10 Å². The fraction of sp³-hybridized carbons (Fsp3) is 0.600. The molecule has 0 spiro atoms. The number of nitrogens with zero attached hydrogens (tertiary/aromatic N) is 2. The van der Waals surface area contributed by atoms with Crippen molar-refractivity contribution in [2.45, 2.75) is 45.1 Å². The number of aromatic nitrogens is 1. The summed E-state index contributed by atoms with van der Waals surface area (Å²) in [5.41, 5.74) is 3.70. The molecule has 1 aromatic heterocycles. The molecule has 1 unspecified atom stereocenters. The number of piperidine rings is 1. The van der Waals surface area contributed by atoms with Gasteiger partial charge >= 0.3 is 0 Å². The molecule has 1 saturated heterocycles. The highest BCUT2D eigenvalue weighted by atomic mass is 16.3. The Hall–Kier alpha value is -1.66. The fourth-order valence-corrected chi connectivity index (χ4v) is 2.43. The number of hydrogen-bond donors (Lipinski definition) is 3. The first-order valence-corrected chi connectivity index (χ1v) is 7.28. The molecule has 0 saturated carbocycles. The maximum absolute atomic E-state index is 12.6. The summed E-state index contributed by atoms with van der Waals surface area (Å²) in [6.45, 7) is 7.17. The van der Waals surface area contributed by atoms with E-state index in [2.05, 4.69) is 10.4 Å². The number of hydrazine groups is 1. The summed E-state index contributed by atoms with van der Waals surface area (Å²) in [6.07, 6.45) is 1.15. The average molecular weight is 292 g/mol. The lowest BCUT2D eigenvalue weighted by atomic mass is 9.90. The van der Waals surface area contributed by atoms with Gasteiger partial charge in [0, 0.05) is 29.8 Å². The highest BCUT2D eigenvalue weighted by Crippen LogP contribution is 2.24. The number of anilines is 1. The monoisotopic (exact) mass is 292 g/mol. The lowest BCUT2D eigenvalue weighted by molar-refractivity contribution is 0.0473. The Labute approximate surface area is 125 Å². The minimum Gasteiger partial charge on any atom is -0.391 e. The summed E-state index contributed by atoms with van der Waals surface area (Å²) in [7, 11) is 0. The summed E-state index contributed by atoms with van der Waals surface area (Å²) < 4.78 is 0. The second-order valence-electron chi connectivity index (χ2n) is 6.57.